The van der Waals surface area contributed by atoms with Gasteiger partial charge in [0, 0.05) is 16.7 Å². The molecule has 1 aliphatic rings. The van der Waals surface area contributed by atoms with Crippen molar-refractivity contribution in [1.29, 1.82) is 0 Å². The second-order valence-corrected chi connectivity index (χ2v) is 9.27. The molecule has 154 valence electrons. The first-order chi connectivity index (χ1) is 13.3. The molecule has 0 aliphatic heterocycles. The first kappa shape index (κ1) is 22.4. The second-order valence-electron chi connectivity index (χ2n) is 9.27. The van der Waals surface area contributed by atoms with Crippen molar-refractivity contribution < 1.29 is 14.7 Å². The molecule has 3 nitrogen and oxygen atoms in total. The summed E-state index contributed by atoms with van der Waals surface area (Å²) in [4.78, 5) is 24.5. The number of carbonyl (C=O) groups is 2. The number of hydrogen-bond donors (Lipinski definition) is 1. The van der Waals surface area contributed by atoms with Gasteiger partial charge in [-0.3, -0.25) is 9.59 Å². The number of unbranched alkanes of at least 4 members (excludes halogenated alkanes) is 8. The molecule has 0 radical (unpaired) electrons. The average Bonchev–Trinajstić information content (AvgIpc) is 2.65. The van der Waals surface area contributed by atoms with E-state index in [-0.39, 0.29) is 5.76 Å². The molecule has 0 aromatic heterocycles. The van der Waals surface area contributed by atoms with Crippen LogP contribution in [-0.2, 0) is 4.79 Å². The number of rotatable bonds is 11. The summed E-state index contributed by atoms with van der Waals surface area (Å²) in [5.41, 5.74) is 1.56. The Hall–Kier alpha value is -1.90. The van der Waals surface area contributed by atoms with Crippen LogP contribution in [-0.4, -0.2) is 16.7 Å². The number of allylic oxidation sites excluding steroid dienone is 1. The van der Waals surface area contributed by atoms with Crippen molar-refractivity contribution in [3.63, 3.8) is 0 Å². The molecule has 1 aliphatic carbocycles. The summed E-state index contributed by atoms with van der Waals surface area (Å²) in [6, 6.07) is 6.80. The number of aliphatic hydroxyl groups excluding tert-OH is 1. The van der Waals surface area contributed by atoms with Crippen LogP contribution < -0.4 is 0 Å². The zero-order chi connectivity index (χ0) is 20.6. The summed E-state index contributed by atoms with van der Waals surface area (Å²) in [7, 11) is 0. The van der Waals surface area contributed by atoms with Gasteiger partial charge in [-0.25, -0.2) is 0 Å². The highest BCUT2D eigenvalue weighted by Crippen LogP contribution is 2.30. The molecular weight excluding hydrogens is 348 g/mol. The Balaban J connectivity index is 1.62. The first-order valence-electron chi connectivity index (χ1n) is 10.9. The molecule has 0 spiro atoms. The Morgan fingerprint density at radius 3 is 1.79 bits per heavy atom. The number of hydrogen-bond acceptors (Lipinski definition) is 3. The van der Waals surface area contributed by atoms with E-state index in [9.17, 15) is 14.7 Å². The molecule has 1 N–H and O–H groups in total. The normalized spacial score (nSPS) is 14.5. The largest absolute Gasteiger partial charge is 0.507 e. The molecule has 0 unspecified atom stereocenters. The number of Topliss-reactive ketones (excluding diaryl/α,β-unsaturated/α-hetero) is 2. The molecule has 0 atom stereocenters. The highest BCUT2D eigenvalue weighted by atomic mass is 16.3. The minimum Gasteiger partial charge on any atom is -0.507 e. The molecule has 1 aromatic carbocycles. The van der Waals surface area contributed by atoms with Crippen LogP contribution in [0.15, 0.2) is 29.8 Å². The van der Waals surface area contributed by atoms with Crippen LogP contribution in [0.1, 0.15) is 107 Å². The number of benzene rings is 1. The maximum Gasteiger partial charge on any atom is 0.234 e. The smallest absolute Gasteiger partial charge is 0.234 e. The summed E-state index contributed by atoms with van der Waals surface area (Å²) in [5.74, 6) is -1.03. The topological polar surface area (TPSA) is 54.4 Å². The average molecular weight is 385 g/mol. The first-order valence-corrected chi connectivity index (χ1v) is 10.9. The van der Waals surface area contributed by atoms with E-state index >= 15 is 0 Å². The van der Waals surface area contributed by atoms with E-state index in [1.807, 2.05) is 0 Å². The van der Waals surface area contributed by atoms with E-state index in [1.165, 1.54) is 44.9 Å². The zero-order valence-electron chi connectivity index (χ0n) is 17.9. The molecule has 1 aromatic rings. The van der Waals surface area contributed by atoms with Gasteiger partial charge in [0.2, 0.25) is 11.6 Å². The second kappa shape index (κ2) is 10.6. The van der Waals surface area contributed by atoms with Gasteiger partial charge in [-0.1, -0.05) is 96.4 Å². The third-order valence-corrected chi connectivity index (χ3v) is 5.55. The van der Waals surface area contributed by atoms with Gasteiger partial charge in [-0.2, -0.15) is 0 Å². The van der Waals surface area contributed by atoms with Crippen LogP contribution in [0.25, 0.3) is 5.76 Å². The van der Waals surface area contributed by atoms with Crippen LogP contribution in [0, 0.1) is 5.41 Å². The maximum atomic E-state index is 12.3. The van der Waals surface area contributed by atoms with Crippen molar-refractivity contribution in [3.8, 4) is 0 Å². The van der Waals surface area contributed by atoms with Crippen molar-refractivity contribution >= 4 is 17.3 Å². The van der Waals surface area contributed by atoms with Crippen molar-refractivity contribution in [1.82, 2.24) is 0 Å². The van der Waals surface area contributed by atoms with Crippen molar-refractivity contribution in [2.45, 2.75) is 91.4 Å². The third-order valence-electron chi connectivity index (χ3n) is 5.55. The van der Waals surface area contributed by atoms with Gasteiger partial charge in [0.25, 0.3) is 0 Å². The van der Waals surface area contributed by atoms with Gasteiger partial charge >= 0.3 is 0 Å². The van der Waals surface area contributed by atoms with Gasteiger partial charge in [0.15, 0.2) is 0 Å². The lowest BCUT2D eigenvalue weighted by Gasteiger charge is -2.17. The molecule has 0 bridgehead atoms. The van der Waals surface area contributed by atoms with E-state index in [0.717, 1.165) is 19.3 Å². The predicted molar refractivity (Wildman–Crippen MR) is 116 cm³/mol. The quantitative estimate of drug-likeness (QED) is 0.328. The van der Waals surface area contributed by atoms with Crippen molar-refractivity contribution in [2.24, 2.45) is 5.41 Å². The number of ketones is 2. The van der Waals surface area contributed by atoms with E-state index in [1.54, 1.807) is 24.3 Å². The standard InChI is InChI=1S/C25H36O3/c1-25(2,3)18-14-10-8-6-4-5-7-9-11-17-21-22(26)19-15-12-13-16-20(19)23(27)24(21)28/h12-13,15-16,26H,4-11,14,17-18H2,1-3H3. The van der Waals surface area contributed by atoms with Crippen LogP contribution in [0.5, 0.6) is 0 Å². The molecule has 0 heterocycles. The van der Waals surface area contributed by atoms with E-state index in [4.69, 9.17) is 0 Å². The zero-order valence-corrected chi connectivity index (χ0v) is 17.9. The SMILES string of the molecule is CC(C)(C)CCCCCCCCCCCC1=C(O)c2ccccc2C(=O)C1=O. The molecule has 0 saturated carbocycles. The van der Waals surface area contributed by atoms with Gasteiger partial charge in [0.1, 0.15) is 5.76 Å². The molecular formula is C25H36O3. The Bertz CT molecular complexity index is 707. The molecule has 2 rings (SSSR count). The Morgan fingerprint density at radius 2 is 1.21 bits per heavy atom. The Labute approximate surface area is 170 Å². The summed E-state index contributed by atoms with van der Waals surface area (Å²) in [6.07, 6.45) is 12.6. The van der Waals surface area contributed by atoms with Gasteiger partial charge < -0.3 is 5.11 Å². The van der Waals surface area contributed by atoms with Crippen LogP contribution in [0.2, 0.25) is 0 Å². The van der Waals surface area contributed by atoms with E-state index < -0.39 is 11.6 Å². The fourth-order valence-electron chi connectivity index (χ4n) is 3.84. The fraction of sp³-hybridized carbons (Fsp3) is 0.600. The molecule has 3 heteroatoms. The fourth-order valence-corrected chi connectivity index (χ4v) is 3.84. The minimum absolute atomic E-state index is 0.00421. The Morgan fingerprint density at radius 1 is 0.714 bits per heavy atom. The monoisotopic (exact) mass is 384 g/mol. The van der Waals surface area contributed by atoms with Crippen LogP contribution in [0.4, 0.5) is 0 Å². The third kappa shape index (κ3) is 6.61. The van der Waals surface area contributed by atoms with Gasteiger partial charge in [-0.05, 0) is 24.7 Å². The van der Waals surface area contributed by atoms with Crippen molar-refractivity contribution in [3.05, 3.63) is 41.0 Å². The van der Waals surface area contributed by atoms with Crippen molar-refractivity contribution in [2.75, 3.05) is 0 Å². The highest BCUT2D eigenvalue weighted by molar-refractivity contribution is 6.52. The molecule has 28 heavy (non-hydrogen) atoms. The molecule has 0 fully saturated rings. The summed E-state index contributed by atoms with van der Waals surface area (Å²) in [6.45, 7) is 6.91. The minimum atomic E-state index is -0.536. The van der Waals surface area contributed by atoms with E-state index in [2.05, 4.69) is 20.8 Å². The van der Waals surface area contributed by atoms with Gasteiger partial charge in [-0.15, -0.1) is 0 Å². The summed E-state index contributed by atoms with van der Waals surface area (Å²) < 4.78 is 0. The van der Waals surface area contributed by atoms with Crippen LogP contribution >= 0.6 is 0 Å². The number of carbonyl (C=O) groups excluding carboxylic acids is 2. The lowest BCUT2D eigenvalue weighted by Crippen LogP contribution is -2.24. The van der Waals surface area contributed by atoms with Gasteiger partial charge in [0.05, 0.1) is 0 Å². The lowest BCUT2D eigenvalue weighted by molar-refractivity contribution is -0.112. The molecule has 0 saturated heterocycles. The summed E-state index contributed by atoms with van der Waals surface area (Å²) >= 11 is 0. The number of fused-ring (bicyclic) bond motifs is 1. The molecule has 0 amide bonds. The maximum absolute atomic E-state index is 12.3. The summed E-state index contributed by atoms with van der Waals surface area (Å²) in [5, 5.41) is 10.4. The lowest BCUT2D eigenvalue weighted by atomic mass is 9.86. The van der Waals surface area contributed by atoms with Crippen LogP contribution in [0.3, 0.4) is 0 Å². The van der Waals surface area contributed by atoms with E-state index in [0.29, 0.717) is 28.5 Å². The predicted octanol–water partition coefficient (Wildman–Crippen LogP) is 7.06. The number of aliphatic hydroxyl groups is 1. The highest BCUT2D eigenvalue weighted by Gasteiger charge is 2.31. The Kier molecular flexibility index (Phi) is 8.47.